The van der Waals surface area contributed by atoms with Gasteiger partial charge >= 0.3 is 5.97 Å². The Balaban J connectivity index is 1.55. The number of halogens is 2. The molecule has 0 bridgehead atoms. The molecule has 1 saturated heterocycles. The van der Waals surface area contributed by atoms with Crippen molar-refractivity contribution in [3.63, 3.8) is 0 Å². The van der Waals surface area contributed by atoms with Gasteiger partial charge in [0, 0.05) is 42.6 Å². The molecule has 1 aliphatic heterocycles. The molecule has 0 aliphatic carbocycles. The van der Waals surface area contributed by atoms with Crippen molar-refractivity contribution in [1.82, 2.24) is 9.21 Å². The van der Waals surface area contributed by atoms with Crippen LogP contribution in [0.1, 0.15) is 29.5 Å². The zero-order valence-electron chi connectivity index (χ0n) is 16.8. The van der Waals surface area contributed by atoms with Gasteiger partial charge in [0.2, 0.25) is 16.8 Å². The quantitative estimate of drug-likeness (QED) is 0.554. The van der Waals surface area contributed by atoms with Crippen LogP contribution >= 0.6 is 23.2 Å². The first-order chi connectivity index (χ1) is 14.7. The van der Waals surface area contributed by atoms with Crippen molar-refractivity contribution < 1.29 is 27.2 Å². The fourth-order valence-electron chi connectivity index (χ4n) is 3.20. The lowest BCUT2D eigenvalue weighted by atomic mass is 10.1. The highest BCUT2D eigenvalue weighted by atomic mass is 35.5. The van der Waals surface area contributed by atoms with E-state index in [1.807, 2.05) is 0 Å². The second-order valence-corrected chi connectivity index (χ2v) is 9.57. The van der Waals surface area contributed by atoms with E-state index in [9.17, 15) is 18.0 Å². The number of amides is 1. The van der Waals surface area contributed by atoms with E-state index in [1.165, 1.54) is 16.4 Å². The maximum absolute atomic E-state index is 12.8. The Labute approximate surface area is 190 Å². The number of furan rings is 1. The molecule has 2 aromatic rings. The molecule has 31 heavy (non-hydrogen) atoms. The van der Waals surface area contributed by atoms with Crippen LogP contribution < -0.4 is 0 Å². The fraction of sp³-hybridized carbons (Fsp3) is 0.400. The van der Waals surface area contributed by atoms with Gasteiger partial charge in [-0.25, -0.2) is 13.2 Å². The molecule has 1 amide bonds. The van der Waals surface area contributed by atoms with E-state index in [0.717, 1.165) is 5.56 Å². The van der Waals surface area contributed by atoms with Crippen LogP contribution in [0.3, 0.4) is 0 Å². The predicted molar refractivity (Wildman–Crippen MR) is 115 cm³/mol. The number of carbonyl (C=O) groups excluding carboxylic acids is 2. The highest BCUT2D eigenvalue weighted by Gasteiger charge is 2.32. The summed E-state index contributed by atoms with van der Waals surface area (Å²) in [4.78, 5) is 25.9. The fourth-order valence-corrected chi connectivity index (χ4v) is 5.04. The largest absolute Gasteiger partial charge is 0.460 e. The van der Waals surface area contributed by atoms with Crippen LogP contribution in [0.15, 0.2) is 39.8 Å². The maximum Gasteiger partial charge on any atom is 0.374 e. The number of ether oxygens (including phenoxy) is 1. The highest BCUT2D eigenvalue weighted by molar-refractivity contribution is 7.89. The second kappa shape index (κ2) is 10.0. The summed E-state index contributed by atoms with van der Waals surface area (Å²) in [5.41, 5.74) is 0.829. The molecule has 8 nitrogen and oxygen atoms in total. The number of rotatable bonds is 7. The number of hydrogen-bond donors (Lipinski definition) is 0. The van der Waals surface area contributed by atoms with Crippen LogP contribution in [-0.4, -0.2) is 62.3 Å². The molecule has 11 heteroatoms. The van der Waals surface area contributed by atoms with Crippen molar-refractivity contribution in [2.75, 3.05) is 32.8 Å². The summed E-state index contributed by atoms with van der Waals surface area (Å²) >= 11 is 12.0. The van der Waals surface area contributed by atoms with E-state index in [2.05, 4.69) is 0 Å². The van der Waals surface area contributed by atoms with Gasteiger partial charge < -0.3 is 14.1 Å². The molecule has 0 saturated carbocycles. The van der Waals surface area contributed by atoms with Gasteiger partial charge in [0.05, 0.1) is 6.61 Å². The van der Waals surface area contributed by atoms with Crippen molar-refractivity contribution in [1.29, 1.82) is 0 Å². The van der Waals surface area contributed by atoms with E-state index in [0.29, 0.717) is 16.5 Å². The first-order valence-corrected chi connectivity index (χ1v) is 11.9. The van der Waals surface area contributed by atoms with Crippen molar-refractivity contribution >= 4 is 45.1 Å². The number of carbonyl (C=O) groups is 2. The van der Waals surface area contributed by atoms with Gasteiger partial charge in [0.1, 0.15) is 0 Å². The van der Waals surface area contributed by atoms with E-state index in [-0.39, 0.29) is 56.0 Å². The minimum absolute atomic E-state index is 0.0781. The van der Waals surface area contributed by atoms with Gasteiger partial charge in [-0.1, -0.05) is 29.3 Å². The number of esters is 1. The lowest BCUT2D eigenvalue weighted by molar-refractivity contribution is -0.132. The molecule has 0 N–H and O–H groups in total. The van der Waals surface area contributed by atoms with Gasteiger partial charge in [-0.2, -0.15) is 4.31 Å². The van der Waals surface area contributed by atoms with Crippen molar-refractivity contribution in [3.05, 3.63) is 51.7 Å². The number of benzene rings is 1. The average Bonchev–Trinajstić information content (AvgIpc) is 3.24. The van der Waals surface area contributed by atoms with Gasteiger partial charge in [0.25, 0.3) is 10.0 Å². The number of piperazine rings is 1. The minimum Gasteiger partial charge on any atom is -0.460 e. The molecular weight excluding hydrogens is 467 g/mol. The van der Waals surface area contributed by atoms with Gasteiger partial charge in [-0.05, 0) is 43.2 Å². The van der Waals surface area contributed by atoms with Crippen LogP contribution in [-0.2, 0) is 26.0 Å². The summed E-state index contributed by atoms with van der Waals surface area (Å²) in [5.74, 6) is -0.971. The maximum atomic E-state index is 12.8. The lowest BCUT2D eigenvalue weighted by Gasteiger charge is -2.33. The summed E-state index contributed by atoms with van der Waals surface area (Å²) in [5, 5.41) is 0.716. The SMILES string of the molecule is CCOC(=O)c1ccc(S(=O)(=O)N2CCN(C(=O)CCc3ccc(Cl)cc3Cl)CC2)o1. The number of nitrogens with zero attached hydrogens (tertiary/aromatic N) is 2. The molecule has 2 heterocycles. The topological polar surface area (TPSA) is 97.1 Å². The Morgan fingerprint density at radius 2 is 1.81 bits per heavy atom. The zero-order chi connectivity index (χ0) is 22.6. The van der Waals surface area contributed by atoms with Gasteiger partial charge in [-0.15, -0.1) is 0 Å². The summed E-state index contributed by atoms with van der Waals surface area (Å²) < 4.78 is 36.8. The Bertz CT molecular complexity index is 1060. The summed E-state index contributed by atoms with van der Waals surface area (Å²) in [7, 11) is -3.91. The Morgan fingerprint density at radius 1 is 1.10 bits per heavy atom. The van der Waals surface area contributed by atoms with E-state index < -0.39 is 16.0 Å². The number of hydrogen-bond acceptors (Lipinski definition) is 6. The number of sulfonamides is 1. The third-order valence-electron chi connectivity index (χ3n) is 4.87. The Hall–Kier alpha value is -2.07. The molecular formula is C20H22Cl2N2O6S. The van der Waals surface area contributed by atoms with E-state index >= 15 is 0 Å². The molecule has 0 unspecified atom stereocenters. The average molecular weight is 489 g/mol. The van der Waals surface area contributed by atoms with Crippen molar-refractivity contribution in [2.24, 2.45) is 0 Å². The lowest BCUT2D eigenvalue weighted by Crippen LogP contribution is -2.50. The number of aryl methyl sites for hydroxylation is 1. The molecule has 1 aromatic carbocycles. The normalized spacial score (nSPS) is 15.1. The minimum atomic E-state index is -3.91. The van der Waals surface area contributed by atoms with Gasteiger partial charge in [0.15, 0.2) is 0 Å². The molecule has 0 spiro atoms. The van der Waals surface area contributed by atoms with Crippen LogP contribution in [0.2, 0.25) is 10.0 Å². The molecule has 1 aromatic heterocycles. The van der Waals surface area contributed by atoms with Crippen LogP contribution in [0.25, 0.3) is 0 Å². The zero-order valence-corrected chi connectivity index (χ0v) is 19.2. The summed E-state index contributed by atoms with van der Waals surface area (Å²) in [6.45, 7) is 2.58. The smallest absolute Gasteiger partial charge is 0.374 e. The molecule has 0 radical (unpaired) electrons. The molecule has 0 atom stereocenters. The Morgan fingerprint density at radius 3 is 2.45 bits per heavy atom. The molecule has 1 fully saturated rings. The second-order valence-electron chi connectivity index (χ2n) is 6.86. The summed E-state index contributed by atoms with van der Waals surface area (Å²) in [6, 6.07) is 7.64. The summed E-state index contributed by atoms with van der Waals surface area (Å²) in [6.07, 6.45) is 0.728. The van der Waals surface area contributed by atoms with Crippen molar-refractivity contribution in [2.45, 2.75) is 24.9 Å². The van der Waals surface area contributed by atoms with Crippen LogP contribution in [0, 0.1) is 0 Å². The van der Waals surface area contributed by atoms with Crippen LogP contribution in [0.5, 0.6) is 0 Å². The van der Waals surface area contributed by atoms with Crippen LogP contribution in [0.4, 0.5) is 0 Å². The first-order valence-electron chi connectivity index (χ1n) is 9.71. The molecule has 168 valence electrons. The van der Waals surface area contributed by atoms with E-state index in [4.69, 9.17) is 32.4 Å². The Kier molecular flexibility index (Phi) is 7.64. The third-order valence-corrected chi connectivity index (χ3v) is 7.23. The highest BCUT2D eigenvalue weighted by Crippen LogP contribution is 2.23. The van der Waals surface area contributed by atoms with Crippen molar-refractivity contribution in [3.8, 4) is 0 Å². The van der Waals surface area contributed by atoms with Gasteiger partial charge in [-0.3, -0.25) is 4.79 Å². The monoisotopic (exact) mass is 488 g/mol. The predicted octanol–water partition coefficient (Wildman–Crippen LogP) is 3.23. The third kappa shape index (κ3) is 5.60. The molecule has 1 aliphatic rings. The van der Waals surface area contributed by atoms with E-state index in [1.54, 1.807) is 30.0 Å². The molecule has 3 rings (SSSR count). The first kappa shape index (κ1) is 23.6. The standard InChI is InChI=1S/C20H22Cl2N2O6S/c1-2-29-20(26)17-6-8-19(30-17)31(27,28)24-11-9-23(10-12-24)18(25)7-4-14-3-5-15(21)13-16(14)22/h3,5-6,8,13H,2,4,7,9-12H2,1H3.